The Labute approximate surface area is 118 Å². The van der Waals surface area contributed by atoms with Crippen molar-refractivity contribution in [2.45, 2.75) is 0 Å². The van der Waals surface area contributed by atoms with Gasteiger partial charge in [-0.3, -0.25) is 0 Å². The number of hydrogen-bond acceptors (Lipinski definition) is 4. The molecule has 2 N–H and O–H groups in total. The molecule has 0 spiro atoms. The van der Waals surface area contributed by atoms with Crippen LogP contribution in [0.4, 0.5) is 22.7 Å². The van der Waals surface area contributed by atoms with Gasteiger partial charge in [-0.1, -0.05) is 12.1 Å². The molecule has 0 atom stereocenters. The molecule has 0 saturated carbocycles. The van der Waals surface area contributed by atoms with E-state index in [-0.39, 0.29) is 0 Å². The van der Waals surface area contributed by atoms with Gasteiger partial charge in [0.05, 0.1) is 12.7 Å². The van der Waals surface area contributed by atoms with Crippen LogP contribution in [0.1, 0.15) is 0 Å². The maximum absolute atomic E-state index is 5.64. The zero-order chi connectivity index (χ0) is 14.5. The summed E-state index contributed by atoms with van der Waals surface area (Å²) in [6, 6.07) is 15.0. The summed E-state index contributed by atoms with van der Waals surface area (Å²) in [5.41, 5.74) is 8.83. The van der Waals surface area contributed by atoms with Gasteiger partial charge >= 0.3 is 0 Å². The summed E-state index contributed by atoms with van der Waals surface area (Å²) < 4.78 is 1.73. The van der Waals surface area contributed by atoms with E-state index in [1.807, 2.05) is 55.5 Å². The third-order valence-electron chi connectivity index (χ3n) is 2.91. The van der Waals surface area contributed by atoms with Crippen molar-refractivity contribution < 1.29 is 4.68 Å². The van der Waals surface area contributed by atoms with Gasteiger partial charge in [-0.15, -0.1) is 9.80 Å². The van der Waals surface area contributed by atoms with Crippen molar-refractivity contribution >= 4 is 29.5 Å². The molecule has 0 bridgehead atoms. The van der Waals surface area contributed by atoms with Crippen molar-refractivity contribution in [2.24, 2.45) is 10.2 Å². The highest BCUT2D eigenvalue weighted by atomic mass is 15.5. The van der Waals surface area contributed by atoms with Gasteiger partial charge in [0.25, 0.3) is 0 Å². The van der Waals surface area contributed by atoms with E-state index in [9.17, 15) is 0 Å². The molecule has 0 radical (unpaired) electrons. The number of hydrazine groups is 1. The van der Waals surface area contributed by atoms with Crippen LogP contribution in [0.5, 0.6) is 0 Å². The highest BCUT2D eigenvalue weighted by Gasteiger charge is 2.11. The van der Waals surface area contributed by atoms with Crippen molar-refractivity contribution in [3.8, 4) is 0 Å². The predicted octanol–water partition coefficient (Wildman–Crippen LogP) is 3.38. The maximum Gasteiger partial charge on any atom is 0.161 e. The van der Waals surface area contributed by atoms with Gasteiger partial charge in [-0.25, -0.2) is 0 Å². The summed E-state index contributed by atoms with van der Waals surface area (Å²) in [7, 11) is 3.79. The van der Waals surface area contributed by atoms with Gasteiger partial charge in [0, 0.05) is 5.69 Å². The fourth-order valence-corrected chi connectivity index (χ4v) is 1.66. The van der Waals surface area contributed by atoms with E-state index >= 15 is 0 Å². The second kappa shape index (κ2) is 5.97. The van der Waals surface area contributed by atoms with Crippen LogP contribution >= 0.6 is 0 Å². The second-order valence-corrected chi connectivity index (χ2v) is 4.46. The number of azo groups is 1. The fourth-order valence-electron chi connectivity index (χ4n) is 1.66. The molecule has 102 valence electrons. The van der Waals surface area contributed by atoms with E-state index in [1.54, 1.807) is 16.8 Å². The van der Waals surface area contributed by atoms with E-state index in [0.717, 1.165) is 17.1 Å². The number of nitrogen functional groups attached to an aromatic ring is 1. The van der Waals surface area contributed by atoms with E-state index in [4.69, 9.17) is 5.73 Å². The van der Waals surface area contributed by atoms with Gasteiger partial charge in [0.1, 0.15) is 11.4 Å². The van der Waals surface area contributed by atoms with Gasteiger partial charge in [-0.2, -0.15) is 10.1 Å². The van der Waals surface area contributed by atoms with Crippen molar-refractivity contribution in [2.75, 3.05) is 24.8 Å². The average molecular weight is 268 g/mol. The molecule has 0 heterocycles. The first kappa shape index (κ1) is 13.7. The minimum Gasteiger partial charge on any atom is -0.399 e. The van der Waals surface area contributed by atoms with Crippen LogP contribution in [0.25, 0.3) is 0 Å². The van der Waals surface area contributed by atoms with Crippen LogP contribution in [-0.4, -0.2) is 25.5 Å². The fraction of sp³-hybridized carbons (Fsp3) is 0.133. The minimum atomic E-state index is 0.711. The first-order chi connectivity index (χ1) is 9.58. The Morgan fingerprint density at radius 1 is 1.05 bits per heavy atom. The normalized spacial score (nSPS) is 10.7. The third kappa shape index (κ3) is 3.20. The molecule has 5 heteroatoms. The van der Waals surface area contributed by atoms with E-state index in [2.05, 4.69) is 16.9 Å². The number of nitrogens with zero attached hydrogens (tertiary/aromatic N) is 4. The largest absolute Gasteiger partial charge is 0.399 e. The van der Waals surface area contributed by atoms with Crippen LogP contribution in [0.3, 0.4) is 0 Å². The molecule has 0 amide bonds. The lowest BCUT2D eigenvalue weighted by atomic mass is 10.2. The molecule has 0 saturated heterocycles. The van der Waals surface area contributed by atoms with E-state index < -0.39 is 0 Å². The highest BCUT2D eigenvalue weighted by molar-refractivity contribution is 5.65. The smallest absolute Gasteiger partial charge is 0.161 e. The summed E-state index contributed by atoms with van der Waals surface area (Å²) in [5.74, 6) is 0. The Morgan fingerprint density at radius 2 is 1.70 bits per heavy atom. The van der Waals surface area contributed by atoms with Crippen molar-refractivity contribution in [1.29, 1.82) is 0 Å². The first-order valence-corrected chi connectivity index (χ1v) is 6.22. The summed E-state index contributed by atoms with van der Waals surface area (Å²) in [5, 5.41) is 10.4. The van der Waals surface area contributed by atoms with Gasteiger partial charge in [-0.05, 0) is 36.4 Å². The molecule has 2 aromatic rings. The van der Waals surface area contributed by atoms with Crippen molar-refractivity contribution in [3.63, 3.8) is 0 Å². The van der Waals surface area contributed by atoms with Gasteiger partial charge in [0.2, 0.25) is 0 Å². The summed E-state index contributed by atoms with van der Waals surface area (Å²) >= 11 is 0. The zero-order valence-electron chi connectivity index (χ0n) is 11.7. The van der Waals surface area contributed by atoms with Crippen molar-refractivity contribution in [3.05, 3.63) is 48.5 Å². The summed E-state index contributed by atoms with van der Waals surface area (Å²) in [6.45, 7) is 3.86. The Bertz CT molecular complexity index is 631. The number of nitrogens with two attached hydrogens (primary N) is 1. The zero-order valence-corrected chi connectivity index (χ0v) is 11.7. The summed E-state index contributed by atoms with van der Waals surface area (Å²) in [6.07, 6.45) is 0. The third-order valence-corrected chi connectivity index (χ3v) is 2.91. The molecule has 5 nitrogen and oxygen atoms in total. The van der Waals surface area contributed by atoms with Crippen LogP contribution in [-0.2, 0) is 0 Å². The Morgan fingerprint density at radius 3 is 2.35 bits per heavy atom. The first-order valence-electron chi connectivity index (χ1n) is 6.22. The predicted molar refractivity (Wildman–Crippen MR) is 83.2 cm³/mol. The molecule has 0 unspecified atom stereocenters. The molecular formula is C15H18N5+. The van der Waals surface area contributed by atoms with E-state index in [1.165, 1.54) is 0 Å². The average Bonchev–Trinajstić information content (AvgIpc) is 2.46. The molecule has 0 aromatic heterocycles. The molecular weight excluding hydrogens is 250 g/mol. The quantitative estimate of drug-likeness (QED) is 0.304. The Balaban J connectivity index is 2.29. The van der Waals surface area contributed by atoms with Crippen LogP contribution in [0, 0.1) is 0 Å². The molecule has 20 heavy (non-hydrogen) atoms. The number of hydrazone groups is 1. The highest BCUT2D eigenvalue weighted by Crippen LogP contribution is 2.29. The maximum atomic E-state index is 5.64. The van der Waals surface area contributed by atoms with Crippen LogP contribution in [0.15, 0.2) is 58.8 Å². The molecule has 2 rings (SSSR count). The topological polar surface area (TPSA) is 57.0 Å². The second-order valence-electron chi connectivity index (χ2n) is 4.46. The Kier molecular flexibility index (Phi) is 4.10. The Hall–Kier alpha value is -2.69. The molecule has 0 aliphatic heterocycles. The molecule has 2 aromatic carbocycles. The number of para-hydroxylation sites is 1. The lowest BCUT2D eigenvalue weighted by Crippen LogP contribution is -2.26. The number of benzene rings is 2. The van der Waals surface area contributed by atoms with Gasteiger partial charge in [0.15, 0.2) is 13.8 Å². The van der Waals surface area contributed by atoms with E-state index in [0.29, 0.717) is 5.69 Å². The monoisotopic (exact) mass is 268 g/mol. The molecule has 0 fully saturated rings. The lowest BCUT2D eigenvalue weighted by molar-refractivity contribution is -0.498. The minimum absolute atomic E-state index is 0.711. The lowest BCUT2D eigenvalue weighted by Gasteiger charge is -2.13. The van der Waals surface area contributed by atoms with Crippen molar-refractivity contribution in [1.82, 2.24) is 0 Å². The number of rotatable bonds is 4. The number of hydrogen-bond donors (Lipinski definition) is 1. The van der Waals surface area contributed by atoms with Crippen LogP contribution in [0.2, 0.25) is 0 Å². The molecule has 0 aliphatic rings. The molecule has 0 aliphatic carbocycles. The SMILES string of the molecule is C=[N+](C)N(C)c1ccccc1N=Nc1ccc(N)cc1. The van der Waals surface area contributed by atoms with Gasteiger partial charge < -0.3 is 5.73 Å². The van der Waals surface area contributed by atoms with Crippen LogP contribution < -0.4 is 10.7 Å². The standard InChI is InChI=1S/C15H18N5/c1-19(2)20(3)15-7-5-4-6-14(15)18-17-13-10-8-12(16)9-11-13/h4-11H,1,16H2,2-3H3/q+1. The summed E-state index contributed by atoms with van der Waals surface area (Å²) in [4.78, 5) is 0. The number of anilines is 2.